The van der Waals surface area contributed by atoms with Crippen LogP contribution in [0.25, 0.3) is 5.57 Å². The van der Waals surface area contributed by atoms with Crippen molar-refractivity contribution in [2.24, 2.45) is 0 Å². The number of amides is 1. The molecule has 0 spiro atoms. The van der Waals surface area contributed by atoms with Crippen molar-refractivity contribution in [3.8, 4) is 0 Å². The lowest BCUT2D eigenvalue weighted by Gasteiger charge is -2.08. The summed E-state index contributed by atoms with van der Waals surface area (Å²) >= 11 is 0. The van der Waals surface area contributed by atoms with E-state index in [9.17, 15) is 9.59 Å². The molecule has 1 amide bonds. The average Bonchev–Trinajstić information content (AvgIpc) is 3.32. The number of benzene rings is 1. The van der Waals surface area contributed by atoms with Crippen LogP contribution >= 0.6 is 0 Å². The number of fused-ring (bicyclic) bond motifs is 1. The Bertz CT molecular complexity index is 913. The SMILES string of the molecule is CC(=O)C1C=C(c2cc(C(=O)NC3CC3)ccc2C)c2nccc[n+]21. The summed E-state index contributed by atoms with van der Waals surface area (Å²) in [5.41, 5.74) is 3.54. The zero-order valence-electron chi connectivity index (χ0n) is 14.3. The van der Waals surface area contributed by atoms with Crippen molar-refractivity contribution in [2.75, 3.05) is 0 Å². The van der Waals surface area contributed by atoms with E-state index in [4.69, 9.17) is 0 Å². The lowest BCUT2D eigenvalue weighted by Crippen LogP contribution is -2.42. The number of nitrogens with zero attached hydrogens (tertiary/aromatic N) is 2. The smallest absolute Gasteiger partial charge is 0.331 e. The minimum Gasteiger partial charge on any atom is -0.349 e. The zero-order chi connectivity index (χ0) is 17.6. The second-order valence-electron chi connectivity index (χ2n) is 6.76. The molecule has 5 heteroatoms. The van der Waals surface area contributed by atoms with Crippen LogP contribution in [0.2, 0.25) is 0 Å². The van der Waals surface area contributed by atoms with Gasteiger partial charge in [-0.2, -0.15) is 0 Å². The molecule has 1 aliphatic heterocycles. The van der Waals surface area contributed by atoms with Gasteiger partial charge in [-0.25, -0.2) is 4.57 Å². The van der Waals surface area contributed by atoms with E-state index in [0.29, 0.717) is 11.6 Å². The molecule has 0 bridgehead atoms. The number of Topliss-reactive ketones (excluding diaryl/α,β-unsaturated/α-hetero) is 1. The molecule has 5 nitrogen and oxygen atoms in total. The summed E-state index contributed by atoms with van der Waals surface area (Å²) < 4.78 is 1.88. The minimum atomic E-state index is -0.345. The van der Waals surface area contributed by atoms with E-state index in [1.165, 1.54) is 0 Å². The number of aromatic nitrogens is 2. The van der Waals surface area contributed by atoms with E-state index in [-0.39, 0.29) is 17.7 Å². The van der Waals surface area contributed by atoms with Crippen LogP contribution in [0.15, 0.2) is 42.7 Å². The number of rotatable bonds is 4. The summed E-state index contributed by atoms with van der Waals surface area (Å²) in [6.07, 6.45) is 7.65. The molecule has 1 N–H and O–H groups in total. The van der Waals surface area contributed by atoms with Crippen molar-refractivity contribution in [3.05, 3.63) is 65.2 Å². The van der Waals surface area contributed by atoms with E-state index in [1.54, 1.807) is 13.1 Å². The maximum atomic E-state index is 12.4. The Morgan fingerprint density at radius 1 is 1.28 bits per heavy atom. The van der Waals surface area contributed by atoms with Crippen molar-refractivity contribution in [1.82, 2.24) is 10.3 Å². The second kappa shape index (κ2) is 5.92. The van der Waals surface area contributed by atoms with Crippen LogP contribution in [0, 0.1) is 6.92 Å². The quantitative estimate of drug-likeness (QED) is 0.872. The molecule has 1 fully saturated rings. The molecule has 126 valence electrons. The second-order valence-corrected chi connectivity index (χ2v) is 6.76. The molecule has 2 aromatic rings. The number of nitrogens with one attached hydrogen (secondary N) is 1. The Morgan fingerprint density at radius 2 is 2.08 bits per heavy atom. The van der Waals surface area contributed by atoms with Gasteiger partial charge in [-0.1, -0.05) is 6.07 Å². The predicted octanol–water partition coefficient (Wildman–Crippen LogP) is 2.15. The zero-order valence-corrected chi connectivity index (χ0v) is 14.3. The molecule has 2 aliphatic rings. The van der Waals surface area contributed by atoms with Crippen molar-refractivity contribution in [2.45, 2.75) is 38.8 Å². The van der Waals surface area contributed by atoms with E-state index in [1.807, 2.05) is 48.0 Å². The highest BCUT2D eigenvalue weighted by Gasteiger charge is 2.35. The van der Waals surface area contributed by atoms with Crippen LogP contribution in [0.3, 0.4) is 0 Å². The highest BCUT2D eigenvalue weighted by atomic mass is 16.1. The first-order chi connectivity index (χ1) is 12.0. The molecule has 0 saturated heterocycles. The summed E-state index contributed by atoms with van der Waals surface area (Å²) in [4.78, 5) is 28.9. The fraction of sp³-hybridized carbons (Fsp3) is 0.300. The van der Waals surface area contributed by atoms with Crippen LogP contribution in [0.4, 0.5) is 0 Å². The Balaban J connectivity index is 1.77. The molecule has 1 aromatic heterocycles. The Kier molecular flexibility index (Phi) is 3.71. The highest BCUT2D eigenvalue weighted by molar-refractivity contribution is 5.96. The third-order valence-electron chi connectivity index (χ3n) is 4.76. The van der Waals surface area contributed by atoms with Crippen LogP contribution in [0.5, 0.6) is 0 Å². The summed E-state index contributed by atoms with van der Waals surface area (Å²) in [7, 11) is 0. The number of hydrogen-bond acceptors (Lipinski definition) is 3. The summed E-state index contributed by atoms with van der Waals surface area (Å²) in [5, 5.41) is 3.02. The molecule has 1 unspecified atom stereocenters. The maximum Gasteiger partial charge on any atom is 0.331 e. The lowest BCUT2D eigenvalue weighted by molar-refractivity contribution is -0.699. The van der Waals surface area contributed by atoms with Crippen LogP contribution in [0.1, 0.15) is 53.1 Å². The van der Waals surface area contributed by atoms with E-state index < -0.39 is 0 Å². The van der Waals surface area contributed by atoms with Crippen LogP contribution < -0.4 is 9.88 Å². The number of aryl methyl sites for hydroxylation is 1. The van der Waals surface area contributed by atoms with E-state index >= 15 is 0 Å². The van der Waals surface area contributed by atoms with E-state index in [2.05, 4.69) is 10.3 Å². The number of ketones is 1. The van der Waals surface area contributed by atoms with Gasteiger partial charge in [0.2, 0.25) is 0 Å². The van der Waals surface area contributed by atoms with Gasteiger partial charge in [-0.3, -0.25) is 9.59 Å². The molecule has 1 saturated carbocycles. The Hall–Kier alpha value is -2.82. The van der Waals surface area contributed by atoms with Gasteiger partial charge in [-0.05, 0) is 61.0 Å². The maximum absolute atomic E-state index is 12.4. The molecular formula is C20H20N3O2+. The molecule has 0 radical (unpaired) electrons. The van der Waals surface area contributed by atoms with Gasteiger partial charge in [0.1, 0.15) is 6.20 Å². The van der Waals surface area contributed by atoms with Gasteiger partial charge in [0.05, 0.1) is 11.8 Å². The molecule has 1 aliphatic carbocycles. The lowest BCUT2D eigenvalue weighted by atomic mass is 9.97. The topological polar surface area (TPSA) is 62.9 Å². The summed E-state index contributed by atoms with van der Waals surface area (Å²) in [6.45, 7) is 3.59. The first-order valence-electron chi connectivity index (χ1n) is 8.55. The minimum absolute atomic E-state index is 0.0423. The number of hydrogen-bond donors (Lipinski definition) is 1. The van der Waals surface area contributed by atoms with Gasteiger partial charge < -0.3 is 5.32 Å². The van der Waals surface area contributed by atoms with Crippen molar-refractivity contribution >= 4 is 17.3 Å². The fourth-order valence-electron chi connectivity index (χ4n) is 3.20. The van der Waals surface area contributed by atoms with Gasteiger partial charge in [0.25, 0.3) is 5.91 Å². The molecule has 2 heterocycles. The summed E-state index contributed by atoms with van der Waals surface area (Å²) in [5.74, 6) is 0.777. The highest BCUT2D eigenvalue weighted by Crippen LogP contribution is 2.30. The normalized spacial score (nSPS) is 18.5. The molecular weight excluding hydrogens is 314 g/mol. The van der Waals surface area contributed by atoms with Crippen molar-refractivity contribution in [1.29, 1.82) is 0 Å². The predicted molar refractivity (Wildman–Crippen MR) is 92.9 cm³/mol. The van der Waals surface area contributed by atoms with Gasteiger partial charge in [0, 0.05) is 17.7 Å². The first kappa shape index (κ1) is 15.7. The Labute approximate surface area is 146 Å². The van der Waals surface area contributed by atoms with Crippen LogP contribution in [-0.4, -0.2) is 22.7 Å². The number of carbonyl (C=O) groups excluding carboxylic acids is 2. The van der Waals surface area contributed by atoms with Gasteiger partial charge >= 0.3 is 5.82 Å². The molecule has 1 aromatic carbocycles. The molecule has 1 atom stereocenters. The third kappa shape index (κ3) is 2.86. The monoisotopic (exact) mass is 334 g/mol. The van der Waals surface area contributed by atoms with Gasteiger partial charge in [0.15, 0.2) is 11.8 Å². The average molecular weight is 334 g/mol. The summed E-state index contributed by atoms with van der Waals surface area (Å²) in [6, 6.07) is 7.50. The largest absolute Gasteiger partial charge is 0.349 e. The first-order valence-corrected chi connectivity index (χ1v) is 8.55. The molecule has 25 heavy (non-hydrogen) atoms. The molecule has 4 rings (SSSR count). The standard InChI is InChI=1S/C20H19N3O2/c1-12-4-5-14(20(25)22-15-6-7-15)10-16(12)17-11-18(13(2)24)23-9-3-8-21-19(17)23/h3-5,8-11,15,18H,6-7H2,1-2H3/p+1. The van der Waals surface area contributed by atoms with Crippen molar-refractivity contribution in [3.63, 3.8) is 0 Å². The van der Waals surface area contributed by atoms with Crippen molar-refractivity contribution < 1.29 is 14.2 Å². The van der Waals surface area contributed by atoms with Gasteiger partial charge in [-0.15, -0.1) is 0 Å². The van der Waals surface area contributed by atoms with E-state index in [0.717, 1.165) is 35.4 Å². The fourth-order valence-corrected chi connectivity index (χ4v) is 3.20. The number of allylic oxidation sites excluding steroid dienone is 1. The third-order valence-corrected chi connectivity index (χ3v) is 4.76. The Morgan fingerprint density at radius 3 is 2.80 bits per heavy atom. The number of carbonyl (C=O) groups is 2. The van der Waals surface area contributed by atoms with Crippen LogP contribution in [-0.2, 0) is 4.79 Å².